The van der Waals surface area contributed by atoms with Crippen molar-refractivity contribution in [1.29, 1.82) is 0 Å². The van der Waals surface area contributed by atoms with E-state index in [1.165, 1.54) is 83.5 Å². The molecule has 8 heteroatoms. The van der Waals surface area contributed by atoms with E-state index in [0.29, 0.717) is 24.2 Å². The van der Waals surface area contributed by atoms with Crippen LogP contribution in [0.1, 0.15) is 96.8 Å². The van der Waals surface area contributed by atoms with Crippen LogP contribution in [0.5, 0.6) is 0 Å². The highest BCUT2D eigenvalue weighted by Gasteiger charge is 2.29. The zero-order chi connectivity index (χ0) is 24.1. The molecule has 0 rings (SSSR count). The van der Waals surface area contributed by atoms with Gasteiger partial charge < -0.3 is 14.1 Å². The quantitative estimate of drug-likeness (QED) is 0.0777. The van der Waals surface area contributed by atoms with Gasteiger partial charge in [0.15, 0.2) is 0 Å². The number of phosphoric acid groups is 1. The zero-order valence-electron chi connectivity index (χ0n) is 21.4. The van der Waals surface area contributed by atoms with Crippen LogP contribution < -0.4 is 4.89 Å². The molecule has 0 aliphatic heterocycles. The average Bonchev–Trinajstić information content (AvgIpc) is 2.71. The average molecular weight is 501 g/mol. The number of rotatable bonds is 24. The van der Waals surface area contributed by atoms with Crippen LogP contribution in [0.15, 0.2) is 0 Å². The highest BCUT2D eigenvalue weighted by atomic mass is 35.5. The molecule has 6 nitrogen and oxygen atoms in total. The fraction of sp³-hybridized carbons (Fsp3) is 1.00. The van der Waals surface area contributed by atoms with Crippen LogP contribution >= 0.6 is 19.8 Å². The molecule has 0 bridgehead atoms. The van der Waals surface area contributed by atoms with Gasteiger partial charge in [-0.05, 0) is 6.42 Å². The second-order valence-corrected chi connectivity index (χ2v) is 12.0. The third-order valence-electron chi connectivity index (χ3n) is 5.38. The van der Waals surface area contributed by atoms with E-state index < -0.39 is 13.5 Å². The van der Waals surface area contributed by atoms with E-state index >= 15 is 0 Å². The Hall–Kier alpha value is 0.480. The fourth-order valence-corrected chi connectivity index (χ4v) is 4.30. The number of phosphoric ester groups is 1. The summed E-state index contributed by atoms with van der Waals surface area (Å²) in [5, 5.41) is -0.468. The molecule has 0 aromatic carbocycles. The molecule has 0 saturated carbocycles. The number of alkyl halides is 1. The van der Waals surface area contributed by atoms with Gasteiger partial charge in [-0.15, -0.1) is 11.6 Å². The molecule has 0 spiro atoms. The summed E-state index contributed by atoms with van der Waals surface area (Å²) in [5.41, 5.74) is 0. The standard InChI is InChI=1S/C24H51ClNO5P/c1-5-6-7-8-9-10-11-12-13-14-15-16-17-18-20-29-22-24(25)23-31-32(27,28)30-21-19-26(2,3)4/h24H,5-23H2,1-4H3/p+1/t24-/m0/s1. The van der Waals surface area contributed by atoms with Crippen molar-refractivity contribution in [3.05, 3.63) is 0 Å². The lowest BCUT2D eigenvalue weighted by Gasteiger charge is -2.25. The maximum Gasteiger partial charge on any atom is 0.377 e. The van der Waals surface area contributed by atoms with Gasteiger partial charge in [-0.3, -0.25) is 0 Å². The number of quaternary nitrogens is 1. The van der Waals surface area contributed by atoms with Gasteiger partial charge in [0.05, 0.1) is 33.1 Å². The summed E-state index contributed by atoms with van der Waals surface area (Å²) in [4.78, 5) is 21.5. The minimum absolute atomic E-state index is 0.0710. The van der Waals surface area contributed by atoms with Gasteiger partial charge in [-0.25, -0.2) is 0 Å². The van der Waals surface area contributed by atoms with Gasteiger partial charge >= 0.3 is 8.17 Å². The summed E-state index contributed by atoms with van der Waals surface area (Å²) in [6, 6.07) is 0. The molecule has 0 amide bonds. The lowest BCUT2D eigenvalue weighted by molar-refractivity contribution is -0.870. The lowest BCUT2D eigenvalue weighted by Crippen LogP contribution is -2.38. The monoisotopic (exact) mass is 500 g/mol. The largest absolute Gasteiger partial charge is 0.606 e. The number of halogens is 1. The highest BCUT2D eigenvalue weighted by molar-refractivity contribution is 7.52. The summed E-state index contributed by atoms with van der Waals surface area (Å²) in [6.07, 6.45) is 18.6. The first-order chi connectivity index (χ1) is 15.2. The van der Waals surface area contributed by atoms with Crippen LogP contribution in [0, 0.1) is 0 Å². The normalized spacial score (nSPS) is 15.1. The summed E-state index contributed by atoms with van der Waals surface area (Å²) in [7, 11) is 1.89. The molecule has 1 unspecified atom stereocenters. The molecule has 0 aliphatic rings. The Balaban J connectivity index is 3.39. The van der Waals surface area contributed by atoms with E-state index in [2.05, 4.69) is 6.92 Å². The minimum atomic E-state index is -4.06. The highest BCUT2D eigenvalue weighted by Crippen LogP contribution is 2.47. The van der Waals surface area contributed by atoms with Crippen LogP contribution in [-0.4, -0.2) is 68.9 Å². The molecule has 0 heterocycles. The third kappa shape index (κ3) is 25.1. The van der Waals surface area contributed by atoms with E-state index in [4.69, 9.17) is 25.4 Å². The SMILES string of the molecule is CCCCCCCCCCCCCCCCOC[C@H](Cl)CO[P+]([O-])(O)OCC[N+](C)(C)C. The van der Waals surface area contributed by atoms with Crippen molar-refractivity contribution in [2.45, 2.75) is 102 Å². The first-order valence-electron chi connectivity index (χ1n) is 12.8. The molecular weight excluding hydrogens is 449 g/mol. The molecule has 0 aliphatic carbocycles. The van der Waals surface area contributed by atoms with Gasteiger partial charge in [0.2, 0.25) is 0 Å². The number of likely N-dealkylation sites (N-methyl/N-ethyl adjacent to an activating group) is 1. The van der Waals surface area contributed by atoms with Crippen molar-refractivity contribution in [1.82, 2.24) is 0 Å². The number of ether oxygens (including phenoxy) is 1. The Morgan fingerprint density at radius 3 is 1.69 bits per heavy atom. The van der Waals surface area contributed by atoms with E-state index in [-0.39, 0.29) is 13.2 Å². The zero-order valence-corrected chi connectivity index (χ0v) is 23.0. The molecular formula is C24H52ClNO5P+. The van der Waals surface area contributed by atoms with Gasteiger partial charge in [-0.2, -0.15) is 13.9 Å². The maximum atomic E-state index is 11.8. The third-order valence-corrected chi connectivity index (χ3v) is 6.61. The van der Waals surface area contributed by atoms with Crippen LogP contribution in [0.2, 0.25) is 0 Å². The fourth-order valence-electron chi connectivity index (χ4n) is 3.30. The number of hydrogen-bond donors (Lipinski definition) is 1. The number of nitrogens with zero attached hydrogens (tertiary/aromatic N) is 1. The van der Waals surface area contributed by atoms with E-state index in [1.807, 2.05) is 21.1 Å². The molecule has 0 aromatic heterocycles. The van der Waals surface area contributed by atoms with Crippen molar-refractivity contribution in [2.75, 3.05) is 54.1 Å². The molecule has 2 atom stereocenters. The number of unbranched alkanes of at least 4 members (excludes halogenated alkanes) is 13. The molecule has 0 fully saturated rings. The Bertz CT molecular complexity index is 410. The van der Waals surface area contributed by atoms with Crippen LogP contribution in [0.25, 0.3) is 0 Å². The summed E-state index contributed by atoms with van der Waals surface area (Å²) >= 11 is 6.12. The van der Waals surface area contributed by atoms with Crippen molar-refractivity contribution in [3.63, 3.8) is 0 Å². The predicted molar refractivity (Wildman–Crippen MR) is 135 cm³/mol. The molecule has 0 saturated heterocycles. The molecule has 0 aromatic rings. The van der Waals surface area contributed by atoms with Crippen LogP contribution in [-0.2, 0) is 13.8 Å². The molecule has 32 heavy (non-hydrogen) atoms. The second kappa shape index (κ2) is 20.8. The summed E-state index contributed by atoms with van der Waals surface area (Å²) < 4.78 is 16.1. The molecule has 1 N–H and O–H groups in total. The maximum absolute atomic E-state index is 11.8. The lowest BCUT2D eigenvalue weighted by atomic mass is 10.0. The Morgan fingerprint density at radius 2 is 1.22 bits per heavy atom. The van der Waals surface area contributed by atoms with E-state index in [0.717, 1.165) is 6.42 Å². The predicted octanol–water partition coefficient (Wildman–Crippen LogP) is 5.86. The van der Waals surface area contributed by atoms with Gasteiger partial charge in [-0.1, -0.05) is 90.4 Å². The summed E-state index contributed by atoms with van der Waals surface area (Å²) in [6.45, 7) is 3.93. The van der Waals surface area contributed by atoms with Crippen molar-refractivity contribution in [3.8, 4) is 0 Å². The van der Waals surface area contributed by atoms with E-state index in [9.17, 15) is 9.79 Å². The molecule has 194 valence electrons. The Morgan fingerprint density at radius 1 is 0.750 bits per heavy atom. The van der Waals surface area contributed by atoms with Crippen LogP contribution in [0.4, 0.5) is 0 Å². The van der Waals surface area contributed by atoms with Gasteiger partial charge in [0.25, 0.3) is 0 Å². The minimum Gasteiger partial charge on any atom is -0.606 e. The Labute approximate surface area is 204 Å². The first kappa shape index (κ1) is 32.5. The molecule has 0 radical (unpaired) electrons. The first-order valence-corrected chi connectivity index (χ1v) is 14.7. The Kier molecular flexibility index (Phi) is 21.1. The topological polar surface area (TPSA) is 71.0 Å². The summed E-state index contributed by atoms with van der Waals surface area (Å²) in [5.74, 6) is 0. The van der Waals surface area contributed by atoms with Crippen LogP contribution in [0.3, 0.4) is 0 Å². The van der Waals surface area contributed by atoms with E-state index in [1.54, 1.807) is 0 Å². The second-order valence-electron chi connectivity index (χ2n) is 9.88. The van der Waals surface area contributed by atoms with Gasteiger partial charge in [0.1, 0.15) is 19.8 Å². The smallest absolute Gasteiger partial charge is 0.377 e. The van der Waals surface area contributed by atoms with Crippen molar-refractivity contribution < 1.29 is 28.1 Å². The van der Waals surface area contributed by atoms with Gasteiger partial charge in [0, 0.05) is 6.61 Å². The number of hydrogen-bond acceptors (Lipinski definition) is 5. The van der Waals surface area contributed by atoms with Crippen molar-refractivity contribution >= 4 is 19.8 Å². The van der Waals surface area contributed by atoms with Crippen molar-refractivity contribution in [2.24, 2.45) is 0 Å².